The van der Waals surface area contributed by atoms with Gasteiger partial charge in [0.25, 0.3) is 0 Å². The van der Waals surface area contributed by atoms with Crippen LogP contribution in [0.15, 0.2) is 0 Å². The number of imidazole rings is 1. The Morgan fingerprint density at radius 3 is 2.42 bits per heavy atom. The zero-order valence-electron chi connectivity index (χ0n) is 7.96. The number of hydrogen-bond donors (Lipinski definition) is 1. The second-order valence-corrected chi connectivity index (χ2v) is 2.82. The van der Waals surface area contributed by atoms with E-state index >= 15 is 0 Å². The molecule has 0 aliphatic rings. The van der Waals surface area contributed by atoms with Gasteiger partial charge in [-0.1, -0.05) is 6.92 Å². The molecule has 0 unspecified atom stereocenters. The van der Waals surface area contributed by atoms with Crippen molar-refractivity contribution in [1.29, 1.82) is 0 Å². The summed E-state index contributed by atoms with van der Waals surface area (Å²) in [5.74, 6) is 0.784. The van der Waals surface area contributed by atoms with E-state index in [-0.39, 0.29) is 6.61 Å². The number of rotatable bonds is 3. The third kappa shape index (κ3) is 1.37. The maximum absolute atomic E-state index is 9.00. The van der Waals surface area contributed by atoms with Crippen LogP contribution in [-0.4, -0.2) is 14.7 Å². The summed E-state index contributed by atoms with van der Waals surface area (Å²) in [6, 6.07) is 0. The Kier molecular flexibility index (Phi) is 2.87. The first-order valence-electron chi connectivity index (χ1n) is 4.40. The molecule has 1 aromatic heterocycles. The van der Waals surface area contributed by atoms with E-state index in [1.807, 2.05) is 0 Å². The summed E-state index contributed by atoms with van der Waals surface area (Å²) in [6.45, 7) is 7.11. The van der Waals surface area contributed by atoms with Gasteiger partial charge in [-0.2, -0.15) is 0 Å². The Balaban J connectivity index is 3.13. The molecule has 0 spiro atoms. The van der Waals surface area contributed by atoms with Gasteiger partial charge in [-0.05, 0) is 20.3 Å². The van der Waals surface area contributed by atoms with Crippen molar-refractivity contribution >= 4 is 0 Å². The highest BCUT2D eigenvalue weighted by Gasteiger charge is 2.09. The lowest BCUT2D eigenvalue weighted by Gasteiger charge is -2.03. The lowest BCUT2D eigenvalue weighted by molar-refractivity contribution is 0.265. The van der Waals surface area contributed by atoms with E-state index in [4.69, 9.17) is 5.11 Å². The summed E-state index contributed by atoms with van der Waals surface area (Å²) in [4.78, 5) is 4.33. The fraction of sp³-hybridized carbons (Fsp3) is 0.667. The smallest absolute Gasteiger partial charge is 0.135 e. The zero-order chi connectivity index (χ0) is 9.14. The Morgan fingerprint density at radius 2 is 2.08 bits per heavy atom. The molecule has 3 heteroatoms. The monoisotopic (exact) mass is 168 g/mol. The van der Waals surface area contributed by atoms with E-state index in [9.17, 15) is 0 Å². The molecule has 12 heavy (non-hydrogen) atoms. The average Bonchev–Trinajstić information content (AvgIpc) is 2.41. The second-order valence-electron chi connectivity index (χ2n) is 2.82. The van der Waals surface area contributed by atoms with Crippen molar-refractivity contribution in [2.75, 3.05) is 0 Å². The van der Waals surface area contributed by atoms with Gasteiger partial charge in [-0.15, -0.1) is 0 Å². The van der Waals surface area contributed by atoms with Crippen LogP contribution in [0.2, 0.25) is 0 Å². The van der Waals surface area contributed by atoms with E-state index in [0.717, 1.165) is 24.5 Å². The Labute approximate surface area is 73.1 Å². The van der Waals surface area contributed by atoms with Gasteiger partial charge in [-0.3, -0.25) is 0 Å². The van der Waals surface area contributed by atoms with Crippen molar-refractivity contribution in [1.82, 2.24) is 9.55 Å². The lowest BCUT2D eigenvalue weighted by Crippen LogP contribution is -2.02. The maximum atomic E-state index is 9.00. The fourth-order valence-electron chi connectivity index (χ4n) is 1.52. The Bertz CT molecular complexity index is 266. The molecule has 0 aliphatic carbocycles. The molecule has 0 fully saturated rings. The molecule has 1 heterocycles. The number of aromatic nitrogens is 2. The van der Waals surface area contributed by atoms with E-state index in [1.54, 1.807) is 0 Å². The molecule has 0 saturated carbocycles. The molecule has 0 aromatic carbocycles. The third-order valence-electron chi connectivity index (χ3n) is 2.19. The number of hydrogen-bond acceptors (Lipinski definition) is 2. The van der Waals surface area contributed by atoms with Gasteiger partial charge < -0.3 is 9.67 Å². The van der Waals surface area contributed by atoms with Gasteiger partial charge >= 0.3 is 0 Å². The minimum absolute atomic E-state index is 0.0364. The highest BCUT2D eigenvalue weighted by Crippen LogP contribution is 2.11. The first-order valence-corrected chi connectivity index (χ1v) is 4.40. The highest BCUT2D eigenvalue weighted by molar-refractivity contribution is 5.15. The molecule has 0 bridgehead atoms. The van der Waals surface area contributed by atoms with Crippen molar-refractivity contribution in [2.45, 2.75) is 40.3 Å². The Hall–Kier alpha value is -0.830. The summed E-state index contributed by atoms with van der Waals surface area (Å²) in [5.41, 5.74) is 2.28. The van der Waals surface area contributed by atoms with Crippen molar-refractivity contribution in [3.63, 3.8) is 0 Å². The van der Waals surface area contributed by atoms with Crippen LogP contribution in [0.1, 0.15) is 31.1 Å². The standard InChI is InChI=1S/C9H16N2O/c1-4-8-7(3)11(5-2)9(6-12)10-8/h12H,4-6H2,1-3H3. The Morgan fingerprint density at radius 1 is 1.42 bits per heavy atom. The largest absolute Gasteiger partial charge is 0.388 e. The van der Waals surface area contributed by atoms with Gasteiger partial charge in [0.05, 0.1) is 5.69 Å². The molecule has 0 amide bonds. The molecule has 1 N–H and O–H groups in total. The maximum Gasteiger partial charge on any atom is 0.135 e. The van der Waals surface area contributed by atoms with Crippen molar-refractivity contribution in [3.05, 3.63) is 17.2 Å². The number of aliphatic hydroxyl groups excluding tert-OH is 1. The van der Waals surface area contributed by atoms with Crippen LogP contribution in [0.4, 0.5) is 0 Å². The molecular weight excluding hydrogens is 152 g/mol. The summed E-state index contributed by atoms with van der Waals surface area (Å²) in [5, 5.41) is 9.00. The van der Waals surface area contributed by atoms with Gasteiger partial charge in [0.15, 0.2) is 0 Å². The molecule has 0 saturated heterocycles. The molecule has 68 valence electrons. The fourth-order valence-corrected chi connectivity index (χ4v) is 1.52. The van der Waals surface area contributed by atoms with Crippen LogP contribution in [0, 0.1) is 6.92 Å². The minimum atomic E-state index is 0.0364. The number of aliphatic hydroxyl groups is 1. The number of aryl methyl sites for hydroxylation is 1. The molecule has 0 atom stereocenters. The molecule has 0 radical (unpaired) electrons. The summed E-state index contributed by atoms with van der Waals surface area (Å²) >= 11 is 0. The molecule has 1 rings (SSSR count). The van der Waals surface area contributed by atoms with Gasteiger partial charge in [0.1, 0.15) is 12.4 Å². The average molecular weight is 168 g/mol. The van der Waals surface area contributed by atoms with Crippen LogP contribution in [0.25, 0.3) is 0 Å². The van der Waals surface area contributed by atoms with Gasteiger partial charge in [-0.25, -0.2) is 4.98 Å². The van der Waals surface area contributed by atoms with Crippen molar-refractivity contribution in [3.8, 4) is 0 Å². The van der Waals surface area contributed by atoms with E-state index in [0.29, 0.717) is 0 Å². The zero-order valence-corrected chi connectivity index (χ0v) is 7.96. The van der Waals surface area contributed by atoms with Crippen LogP contribution in [0.5, 0.6) is 0 Å². The second kappa shape index (κ2) is 3.72. The predicted octanol–water partition coefficient (Wildman–Crippen LogP) is 1.27. The minimum Gasteiger partial charge on any atom is -0.388 e. The van der Waals surface area contributed by atoms with Crippen molar-refractivity contribution in [2.24, 2.45) is 0 Å². The van der Waals surface area contributed by atoms with Crippen LogP contribution in [-0.2, 0) is 19.6 Å². The third-order valence-corrected chi connectivity index (χ3v) is 2.19. The summed E-state index contributed by atoms with van der Waals surface area (Å²) in [7, 11) is 0. The van der Waals surface area contributed by atoms with E-state index < -0.39 is 0 Å². The SMILES string of the molecule is CCc1nc(CO)n(CC)c1C. The van der Waals surface area contributed by atoms with Gasteiger partial charge in [0.2, 0.25) is 0 Å². The van der Waals surface area contributed by atoms with E-state index in [2.05, 4.69) is 30.3 Å². The van der Waals surface area contributed by atoms with Crippen LogP contribution in [0.3, 0.4) is 0 Å². The van der Waals surface area contributed by atoms with E-state index in [1.165, 1.54) is 5.69 Å². The molecule has 3 nitrogen and oxygen atoms in total. The van der Waals surface area contributed by atoms with Crippen molar-refractivity contribution < 1.29 is 5.11 Å². The molecule has 0 aliphatic heterocycles. The molecule has 1 aromatic rings. The highest BCUT2D eigenvalue weighted by atomic mass is 16.3. The number of nitrogens with zero attached hydrogens (tertiary/aromatic N) is 2. The first-order chi connectivity index (χ1) is 5.74. The van der Waals surface area contributed by atoms with Crippen LogP contribution >= 0.6 is 0 Å². The van der Waals surface area contributed by atoms with Gasteiger partial charge in [0, 0.05) is 12.2 Å². The van der Waals surface area contributed by atoms with Crippen LogP contribution < -0.4 is 0 Å². The first kappa shape index (κ1) is 9.26. The topological polar surface area (TPSA) is 38.1 Å². The quantitative estimate of drug-likeness (QED) is 0.738. The lowest BCUT2D eigenvalue weighted by atomic mass is 10.3. The predicted molar refractivity (Wildman–Crippen MR) is 47.9 cm³/mol. The normalized spacial score (nSPS) is 10.7. The molecular formula is C9H16N2O. The summed E-state index contributed by atoms with van der Waals surface area (Å²) < 4.78 is 2.05. The summed E-state index contributed by atoms with van der Waals surface area (Å²) in [6.07, 6.45) is 0.936.